The molecule has 2 amide bonds. The smallest absolute Gasteiger partial charge is 0.325 e. The van der Waals surface area contributed by atoms with Crippen LogP contribution in [0.2, 0.25) is 0 Å². The predicted molar refractivity (Wildman–Crippen MR) is 75.8 cm³/mol. The number of urea groups is 1. The molecule has 0 aromatic heterocycles. The summed E-state index contributed by atoms with van der Waals surface area (Å²) in [5, 5.41) is 9.08. The third-order valence-electron chi connectivity index (χ3n) is 3.51. The minimum Gasteiger partial charge on any atom is -0.481 e. The van der Waals surface area contributed by atoms with Gasteiger partial charge < -0.3 is 19.6 Å². The van der Waals surface area contributed by atoms with Crippen molar-refractivity contribution in [1.29, 1.82) is 0 Å². The zero-order valence-electron chi connectivity index (χ0n) is 12.9. The molecule has 1 rings (SSSR count). The van der Waals surface area contributed by atoms with Crippen LogP contribution in [0, 0.1) is 5.92 Å². The van der Waals surface area contributed by atoms with Crippen molar-refractivity contribution in [3.63, 3.8) is 0 Å². The molecule has 0 aromatic rings. The second-order valence-electron chi connectivity index (χ2n) is 5.43. The largest absolute Gasteiger partial charge is 0.481 e. The van der Waals surface area contributed by atoms with E-state index in [1.54, 1.807) is 6.92 Å². The van der Waals surface area contributed by atoms with Crippen LogP contribution in [-0.4, -0.2) is 65.2 Å². The van der Waals surface area contributed by atoms with E-state index in [4.69, 9.17) is 9.84 Å². The number of carbonyl (C=O) groups is 3. The molecule has 0 radical (unpaired) electrons. The number of esters is 1. The van der Waals surface area contributed by atoms with Crippen LogP contribution in [0.5, 0.6) is 0 Å². The van der Waals surface area contributed by atoms with Gasteiger partial charge in [0.2, 0.25) is 0 Å². The van der Waals surface area contributed by atoms with Crippen LogP contribution >= 0.6 is 0 Å². The molecule has 0 unspecified atom stereocenters. The first-order chi connectivity index (χ1) is 9.86. The van der Waals surface area contributed by atoms with Crippen molar-refractivity contribution in [2.45, 2.75) is 39.7 Å². The Morgan fingerprint density at radius 3 is 2.57 bits per heavy atom. The van der Waals surface area contributed by atoms with Crippen molar-refractivity contribution >= 4 is 18.0 Å². The van der Waals surface area contributed by atoms with Gasteiger partial charge in [0.25, 0.3) is 0 Å². The maximum Gasteiger partial charge on any atom is 0.325 e. The van der Waals surface area contributed by atoms with E-state index in [1.807, 2.05) is 13.8 Å². The van der Waals surface area contributed by atoms with E-state index in [-0.39, 0.29) is 31.8 Å². The Bertz CT molecular complexity index is 397. The number of carboxylic acid groups (broad SMARTS) is 1. The van der Waals surface area contributed by atoms with Crippen molar-refractivity contribution < 1.29 is 24.2 Å². The molecule has 1 atom stereocenters. The van der Waals surface area contributed by atoms with E-state index in [2.05, 4.69) is 0 Å². The lowest BCUT2D eigenvalue weighted by Crippen LogP contribution is -2.52. The van der Waals surface area contributed by atoms with Gasteiger partial charge in [-0.3, -0.25) is 9.59 Å². The summed E-state index contributed by atoms with van der Waals surface area (Å²) in [6, 6.07) is -0.462. The second-order valence-corrected chi connectivity index (χ2v) is 5.43. The lowest BCUT2D eigenvalue weighted by molar-refractivity contribution is -0.145. The SMILES string of the molecule is CCOC(=O)CN(C(=O)N1CCC[C@@H](C(=O)O)C1)C(C)C. The number of nitrogens with zero attached hydrogens (tertiary/aromatic N) is 2. The summed E-state index contributed by atoms with van der Waals surface area (Å²) in [5.41, 5.74) is 0. The molecule has 7 nitrogen and oxygen atoms in total. The molecule has 0 aromatic carbocycles. The summed E-state index contributed by atoms with van der Waals surface area (Å²) in [4.78, 5) is 38.1. The van der Waals surface area contributed by atoms with Crippen LogP contribution in [0.3, 0.4) is 0 Å². The van der Waals surface area contributed by atoms with E-state index in [1.165, 1.54) is 9.80 Å². The lowest BCUT2D eigenvalue weighted by Gasteiger charge is -2.36. The van der Waals surface area contributed by atoms with Crippen molar-refractivity contribution in [3.05, 3.63) is 0 Å². The Balaban J connectivity index is 2.71. The molecule has 21 heavy (non-hydrogen) atoms. The number of rotatable bonds is 5. The molecule has 120 valence electrons. The highest BCUT2D eigenvalue weighted by Gasteiger charge is 2.32. The van der Waals surface area contributed by atoms with Gasteiger partial charge in [0.05, 0.1) is 12.5 Å². The van der Waals surface area contributed by atoms with Gasteiger partial charge in [-0.05, 0) is 33.6 Å². The first-order valence-electron chi connectivity index (χ1n) is 7.30. The minimum atomic E-state index is -0.881. The first kappa shape index (κ1) is 17.3. The van der Waals surface area contributed by atoms with Gasteiger partial charge in [0.15, 0.2) is 0 Å². The van der Waals surface area contributed by atoms with Gasteiger partial charge in [0.1, 0.15) is 6.54 Å². The quantitative estimate of drug-likeness (QED) is 0.770. The average Bonchev–Trinajstić information content (AvgIpc) is 2.44. The summed E-state index contributed by atoms with van der Waals surface area (Å²) in [6.07, 6.45) is 1.24. The molecular weight excluding hydrogens is 276 g/mol. The Kier molecular flexibility index (Phi) is 6.45. The van der Waals surface area contributed by atoms with Gasteiger partial charge >= 0.3 is 18.0 Å². The van der Waals surface area contributed by atoms with Gasteiger partial charge in [-0.25, -0.2) is 4.79 Å². The third kappa shape index (κ3) is 4.91. The van der Waals surface area contributed by atoms with Crippen LogP contribution < -0.4 is 0 Å². The lowest BCUT2D eigenvalue weighted by atomic mass is 9.98. The Hall–Kier alpha value is -1.79. The maximum absolute atomic E-state index is 12.5. The van der Waals surface area contributed by atoms with E-state index >= 15 is 0 Å². The van der Waals surface area contributed by atoms with E-state index in [0.717, 1.165) is 0 Å². The highest BCUT2D eigenvalue weighted by Crippen LogP contribution is 2.18. The zero-order valence-corrected chi connectivity index (χ0v) is 12.9. The minimum absolute atomic E-state index is 0.113. The Morgan fingerprint density at radius 2 is 2.05 bits per heavy atom. The third-order valence-corrected chi connectivity index (χ3v) is 3.51. The summed E-state index contributed by atoms with van der Waals surface area (Å²) >= 11 is 0. The molecule has 0 aliphatic carbocycles. The number of piperidine rings is 1. The molecule has 1 N–H and O–H groups in total. The van der Waals surface area contributed by atoms with Crippen LogP contribution in [0.25, 0.3) is 0 Å². The molecule has 7 heteroatoms. The number of carboxylic acids is 1. The number of hydrogen-bond donors (Lipinski definition) is 1. The van der Waals surface area contributed by atoms with Crippen LogP contribution in [-0.2, 0) is 14.3 Å². The molecule has 1 fully saturated rings. The Labute approximate surface area is 124 Å². The van der Waals surface area contributed by atoms with Crippen molar-refractivity contribution in [2.24, 2.45) is 5.92 Å². The average molecular weight is 300 g/mol. The molecule has 1 aliphatic rings. The summed E-state index contributed by atoms with van der Waals surface area (Å²) < 4.78 is 4.87. The van der Waals surface area contributed by atoms with Gasteiger partial charge in [-0.2, -0.15) is 0 Å². The van der Waals surface area contributed by atoms with Crippen molar-refractivity contribution in [3.8, 4) is 0 Å². The van der Waals surface area contributed by atoms with Crippen LogP contribution in [0.1, 0.15) is 33.6 Å². The van der Waals surface area contributed by atoms with Crippen LogP contribution in [0.15, 0.2) is 0 Å². The van der Waals surface area contributed by atoms with E-state index in [9.17, 15) is 14.4 Å². The number of likely N-dealkylation sites (tertiary alicyclic amines) is 1. The highest BCUT2D eigenvalue weighted by atomic mass is 16.5. The fourth-order valence-electron chi connectivity index (χ4n) is 2.35. The van der Waals surface area contributed by atoms with Gasteiger partial charge in [-0.1, -0.05) is 0 Å². The summed E-state index contributed by atoms with van der Waals surface area (Å²) in [5.74, 6) is -1.86. The fourth-order valence-corrected chi connectivity index (χ4v) is 2.35. The number of carbonyl (C=O) groups excluding carboxylic acids is 2. The first-order valence-corrected chi connectivity index (χ1v) is 7.30. The highest BCUT2D eigenvalue weighted by molar-refractivity contribution is 5.82. The van der Waals surface area contributed by atoms with Gasteiger partial charge in [-0.15, -0.1) is 0 Å². The molecule has 0 spiro atoms. The molecule has 0 saturated carbocycles. The zero-order chi connectivity index (χ0) is 16.0. The second kappa shape index (κ2) is 7.85. The summed E-state index contributed by atoms with van der Waals surface area (Å²) in [7, 11) is 0. The monoisotopic (exact) mass is 300 g/mol. The van der Waals surface area contributed by atoms with Crippen molar-refractivity contribution in [2.75, 3.05) is 26.2 Å². The molecule has 0 bridgehead atoms. The number of aliphatic carboxylic acids is 1. The topological polar surface area (TPSA) is 87.2 Å². The Morgan fingerprint density at radius 1 is 1.38 bits per heavy atom. The molecular formula is C14H24N2O5. The van der Waals surface area contributed by atoms with E-state index in [0.29, 0.717) is 19.4 Å². The van der Waals surface area contributed by atoms with Crippen LogP contribution in [0.4, 0.5) is 4.79 Å². The number of ether oxygens (including phenoxy) is 1. The molecule has 1 heterocycles. The molecule has 1 aliphatic heterocycles. The maximum atomic E-state index is 12.5. The molecule has 1 saturated heterocycles. The summed E-state index contributed by atoms with van der Waals surface area (Å²) in [6.45, 7) is 6.21. The number of hydrogen-bond acceptors (Lipinski definition) is 4. The van der Waals surface area contributed by atoms with E-state index < -0.39 is 17.9 Å². The van der Waals surface area contributed by atoms with Crippen molar-refractivity contribution in [1.82, 2.24) is 9.80 Å². The van der Waals surface area contributed by atoms with Gasteiger partial charge in [0, 0.05) is 19.1 Å². The fraction of sp³-hybridized carbons (Fsp3) is 0.786. The normalized spacial score (nSPS) is 18.5. The predicted octanol–water partition coefficient (Wildman–Crippen LogP) is 1.18. The standard InChI is InChI=1S/C14H24N2O5/c1-4-21-12(17)9-16(10(2)3)14(20)15-7-5-6-11(8-15)13(18)19/h10-11H,4-9H2,1-3H3,(H,18,19)/t11-/m1/s1. The number of amides is 2.